The van der Waals surface area contributed by atoms with Crippen LogP contribution in [0.3, 0.4) is 0 Å². The number of imidazole rings is 1. The van der Waals surface area contributed by atoms with E-state index in [1.165, 1.54) is 5.56 Å². The molecule has 0 aliphatic carbocycles. The van der Waals surface area contributed by atoms with Crippen molar-refractivity contribution < 1.29 is 9.90 Å². The lowest BCUT2D eigenvalue weighted by molar-refractivity contribution is 0.0687. The standard InChI is InChI=1S/C18H19N3O2/c1-20(2)15-8-4-13(5-9-15)3-6-14-7-10-16-19-11-12-21(16)17(14)18(22)23/h4-5,7-12H,3,6H2,1-2H3,(H,22,23). The number of hydrogen-bond acceptors (Lipinski definition) is 3. The molecule has 0 fully saturated rings. The highest BCUT2D eigenvalue weighted by Crippen LogP contribution is 2.17. The van der Waals surface area contributed by atoms with Gasteiger partial charge in [-0.3, -0.25) is 4.40 Å². The van der Waals surface area contributed by atoms with E-state index in [4.69, 9.17) is 0 Å². The van der Waals surface area contributed by atoms with Crippen LogP contribution in [0.25, 0.3) is 5.65 Å². The van der Waals surface area contributed by atoms with Gasteiger partial charge in [0.05, 0.1) is 0 Å². The van der Waals surface area contributed by atoms with E-state index in [-0.39, 0.29) is 0 Å². The molecular formula is C18H19N3O2. The van der Waals surface area contributed by atoms with Gasteiger partial charge < -0.3 is 10.0 Å². The minimum atomic E-state index is -0.924. The Balaban J connectivity index is 1.84. The van der Waals surface area contributed by atoms with Gasteiger partial charge in [-0.15, -0.1) is 0 Å². The third-order valence-electron chi connectivity index (χ3n) is 3.99. The van der Waals surface area contributed by atoms with Crippen LogP contribution in [-0.2, 0) is 12.8 Å². The molecule has 0 radical (unpaired) electrons. The van der Waals surface area contributed by atoms with Crippen LogP contribution in [0, 0.1) is 0 Å². The lowest BCUT2D eigenvalue weighted by Crippen LogP contribution is -2.10. The highest BCUT2D eigenvalue weighted by atomic mass is 16.4. The van der Waals surface area contributed by atoms with Crippen LogP contribution in [0.15, 0.2) is 48.8 Å². The minimum absolute atomic E-state index is 0.296. The van der Waals surface area contributed by atoms with Crippen LogP contribution in [-0.4, -0.2) is 34.6 Å². The average Bonchev–Trinajstić information content (AvgIpc) is 3.00. The Bertz CT molecular complexity index is 835. The lowest BCUT2D eigenvalue weighted by atomic mass is 10.0. The van der Waals surface area contributed by atoms with Gasteiger partial charge >= 0.3 is 5.97 Å². The Hall–Kier alpha value is -2.82. The van der Waals surface area contributed by atoms with Gasteiger partial charge in [0.25, 0.3) is 0 Å². The zero-order valence-electron chi connectivity index (χ0n) is 13.2. The minimum Gasteiger partial charge on any atom is -0.477 e. The van der Waals surface area contributed by atoms with Crippen molar-refractivity contribution in [1.29, 1.82) is 0 Å². The molecule has 0 amide bonds. The van der Waals surface area contributed by atoms with E-state index in [1.54, 1.807) is 16.8 Å². The molecule has 0 saturated carbocycles. The number of nitrogens with zero attached hydrogens (tertiary/aromatic N) is 3. The zero-order valence-corrected chi connectivity index (χ0v) is 13.2. The maximum Gasteiger partial charge on any atom is 0.353 e. The van der Waals surface area contributed by atoms with Crippen molar-refractivity contribution in [3.05, 3.63) is 65.6 Å². The van der Waals surface area contributed by atoms with Crippen molar-refractivity contribution in [3.63, 3.8) is 0 Å². The fourth-order valence-corrected chi connectivity index (χ4v) is 2.72. The molecule has 0 atom stereocenters. The van der Waals surface area contributed by atoms with Gasteiger partial charge in [-0.25, -0.2) is 9.78 Å². The SMILES string of the molecule is CN(C)c1ccc(CCc2ccc3nccn3c2C(=O)O)cc1. The molecule has 3 rings (SSSR count). The fourth-order valence-electron chi connectivity index (χ4n) is 2.72. The van der Waals surface area contributed by atoms with Gasteiger partial charge in [-0.1, -0.05) is 18.2 Å². The summed E-state index contributed by atoms with van der Waals surface area (Å²) in [6.45, 7) is 0. The summed E-state index contributed by atoms with van der Waals surface area (Å²) in [4.78, 5) is 17.8. The Morgan fingerprint density at radius 1 is 1.13 bits per heavy atom. The maximum absolute atomic E-state index is 11.6. The van der Waals surface area contributed by atoms with Crippen molar-refractivity contribution >= 4 is 17.3 Å². The van der Waals surface area contributed by atoms with E-state index in [0.29, 0.717) is 17.8 Å². The molecule has 118 valence electrons. The molecule has 2 aromatic heterocycles. The Morgan fingerprint density at radius 3 is 2.52 bits per heavy atom. The van der Waals surface area contributed by atoms with Gasteiger partial charge in [0.15, 0.2) is 0 Å². The van der Waals surface area contributed by atoms with E-state index in [1.807, 2.05) is 26.2 Å². The van der Waals surface area contributed by atoms with Crippen molar-refractivity contribution in [2.24, 2.45) is 0 Å². The first-order chi connectivity index (χ1) is 11.1. The lowest BCUT2D eigenvalue weighted by Gasteiger charge is -2.13. The molecule has 0 saturated heterocycles. The molecule has 2 heterocycles. The first-order valence-electron chi connectivity index (χ1n) is 7.51. The van der Waals surface area contributed by atoms with Crippen LogP contribution in [0.5, 0.6) is 0 Å². The van der Waals surface area contributed by atoms with Gasteiger partial charge in [0.1, 0.15) is 11.3 Å². The normalized spacial score (nSPS) is 10.9. The molecule has 0 aliphatic heterocycles. The summed E-state index contributed by atoms with van der Waals surface area (Å²) in [5.41, 5.74) is 4.11. The summed E-state index contributed by atoms with van der Waals surface area (Å²) < 4.78 is 1.63. The molecule has 5 nitrogen and oxygen atoms in total. The molecule has 1 aromatic carbocycles. The third-order valence-corrected chi connectivity index (χ3v) is 3.99. The number of anilines is 1. The number of benzene rings is 1. The van der Waals surface area contributed by atoms with E-state index in [0.717, 1.165) is 17.7 Å². The van der Waals surface area contributed by atoms with Gasteiger partial charge in [-0.2, -0.15) is 0 Å². The number of aromatic carboxylic acids is 1. The summed E-state index contributed by atoms with van der Waals surface area (Å²) >= 11 is 0. The second-order valence-electron chi connectivity index (χ2n) is 5.73. The summed E-state index contributed by atoms with van der Waals surface area (Å²) in [7, 11) is 4.02. The first-order valence-corrected chi connectivity index (χ1v) is 7.51. The number of carbonyl (C=O) groups is 1. The first kappa shape index (κ1) is 15.1. The molecule has 5 heteroatoms. The fraction of sp³-hybridized carbons (Fsp3) is 0.222. The molecule has 0 bridgehead atoms. The number of pyridine rings is 1. The summed E-state index contributed by atoms with van der Waals surface area (Å²) in [5, 5.41) is 9.52. The number of rotatable bonds is 5. The Kier molecular flexibility index (Phi) is 4.02. The van der Waals surface area contributed by atoms with Gasteiger partial charge in [-0.05, 0) is 42.2 Å². The number of aryl methyl sites for hydroxylation is 2. The van der Waals surface area contributed by atoms with Crippen LogP contribution in [0.2, 0.25) is 0 Å². The van der Waals surface area contributed by atoms with Crippen LogP contribution in [0.1, 0.15) is 21.6 Å². The number of carboxylic acid groups (broad SMARTS) is 1. The number of aromatic nitrogens is 2. The monoisotopic (exact) mass is 309 g/mol. The second-order valence-corrected chi connectivity index (χ2v) is 5.73. The maximum atomic E-state index is 11.6. The quantitative estimate of drug-likeness (QED) is 0.787. The summed E-state index contributed by atoms with van der Waals surface area (Å²) in [5.74, 6) is -0.924. The third kappa shape index (κ3) is 3.04. The van der Waals surface area contributed by atoms with E-state index in [2.05, 4.69) is 34.1 Å². The smallest absolute Gasteiger partial charge is 0.353 e. The van der Waals surface area contributed by atoms with Crippen molar-refractivity contribution in [3.8, 4) is 0 Å². The highest BCUT2D eigenvalue weighted by Gasteiger charge is 2.14. The Morgan fingerprint density at radius 2 is 1.87 bits per heavy atom. The van der Waals surface area contributed by atoms with E-state index in [9.17, 15) is 9.90 Å². The predicted octanol–water partition coefficient (Wildman–Crippen LogP) is 2.88. The predicted molar refractivity (Wildman–Crippen MR) is 90.3 cm³/mol. The molecule has 0 spiro atoms. The number of carboxylic acids is 1. The van der Waals surface area contributed by atoms with Crippen molar-refractivity contribution in [1.82, 2.24) is 9.38 Å². The molecule has 0 unspecified atom stereocenters. The van der Waals surface area contributed by atoms with Gasteiger partial charge in [0.2, 0.25) is 0 Å². The summed E-state index contributed by atoms with van der Waals surface area (Å²) in [6, 6.07) is 12.0. The molecular weight excluding hydrogens is 290 g/mol. The highest BCUT2D eigenvalue weighted by molar-refractivity contribution is 5.88. The largest absolute Gasteiger partial charge is 0.477 e. The van der Waals surface area contributed by atoms with Crippen LogP contribution >= 0.6 is 0 Å². The van der Waals surface area contributed by atoms with Gasteiger partial charge in [0, 0.05) is 32.2 Å². The van der Waals surface area contributed by atoms with Crippen molar-refractivity contribution in [2.45, 2.75) is 12.8 Å². The Labute approximate surface area is 134 Å². The van der Waals surface area contributed by atoms with Crippen LogP contribution < -0.4 is 4.90 Å². The second kappa shape index (κ2) is 6.12. The molecule has 0 aliphatic rings. The average molecular weight is 309 g/mol. The molecule has 3 aromatic rings. The van der Waals surface area contributed by atoms with Crippen molar-refractivity contribution in [2.75, 3.05) is 19.0 Å². The van der Waals surface area contributed by atoms with Crippen LogP contribution in [0.4, 0.5) is 5.69 Å². The number of fused-ring (bicyclic) bond motifs is 1. The topological polar surface area (TPSA) is 57.8 Å². The molecule has 23 heavy (non-hydrogen) atoms. The molecule has 1 N–H and O–H groups in total. The van der Waals surface area contributed by atoms with E-state index >= 15 is 0 Å². The number of hydrogen-bond donors (Lipinski definition) is 1. The summed E-state index contributed by atoms with van der Waals surface area (Å²) in [6.07, 6.45) is 4.78. The zero-order chi connectivity index (χ0) is 16.4. The van der Waals surface area contributed by atoms with E-state index < -0.39 is 5.97 Å².